The molecule has 2 N–H and O–H groups in total. The van der Waals surface area contributed by atoms with Gasteiger partial charge in [-0.05, 0) is 0 Å². The highest BCUT2D eigenvalue weighted by atomic mass is 79.9. The largest absolute Gasteiger partial charge is 0.396 e. The van der Waals surface area contributed by atoms with E-state index in [2.05, 4.69) is 15.9 Å². The van der Waals surface area contributed by atoms with Crippen molar-refractivity contribution < 1.29 is 4.79 Å². The fourth-order valence-electron chi connectivity index (χ4n) is 1.42. The number of nitrogens with two attached hydrogens (primary N) is 1. The first kappa shape index (κ1) is 9.02. The Balaban J connectivity index is 2.27. The van der Waals surface area contributed by atoms with Gasteiger partial charge in [-0.1, -0.05) is 15.9 Å². The van der Waals surface area contributed by atoms with E-state index in [1.54, 1.807) is 4.90 Å². The molecule has 1 amide bonds. The van der Waals surface area contributed by atoms with Crippen LogP contribution in [0.1, 0.15) is 6.42 Å². The minimum absolute atomic E-state index is 0.145. The molecule has 1 aliphatic rings. The molecule has 70 valence electrons. The van der Waals surface area contributed by atoms with Crippen molar-refractivity contribution in [1.82, 2.24) is 0 Å². The van der Waals surface area contributed by atoms with Gasteiger partial charge in [-0.15, -0.1) is 11.3 Å². The molecule has 1 atom stereocenters. The van der Waals surface area contributed by atoms with Gasteiger partial charge in [0.15, 0.2) is 0 Å². The highest BCUT2D eigenvalue weighted by molar-refractivity contribution is 9.09. The number of rotatable bonds is 1. The minimum Gasteiger partial charge on any atom is -0.396 e. The quantitative estimate of drug-likeness (QED) is 0.784. The summed E-state index contributed by atoms with van der Waals surface area (Å²) in [4.78, 5) is 13.5. The van der Waals surface area contributed by atoms with Crippen molar-refractivity contribution in [1.29, 1.82) is 0 Å². The number of halogens is 1. The van der Waals surface area contributed by atoms with Crippen LogP contribution >= 0.6 is 27.3 Å². The second kappa shape index (κ2) is 3.31. The third-order valence-electron chi connectivity index (χ3n) is 2.04. The van der Waals surface area contributed by atoms with E-state index < -0.39 is 0 Å². The number of thiophene rings is 1. The fraction of sp³-hybridized carbons (Fsp3) is 0.375. The molecule has 0 radical (unpaired) electrons. The summed E-state index contributed by atoms with van der Waals surface area (Å²) >= 11 is 4.95. The number of anilines is 2. The molecule has 3 nitrogen and oxygen atoms in total. The molecule has 1 aromatic heterocycles. The molecule has 13 heavy (non-hydrogen) atoms. The molecule has 0 saturated carbocycles. The number of nitrogens with zero attached hydrogens (tertiary/aromatic N) is 1. The third-order valence-corrected chi connectivity index (χ3v) is 3.40. The lowest BCUT2D eigenvalue weighted by Gasteiger charge is -2.14. The average molecular weight is 261 g/mol. The number of carbonyl (C=O) groups excluding carboxylic acids is 1. The zero-order chi connectivity index (χ0) is 9.42. The number of amides is 1. The SMILES string of the molecule is Nc1cscc1N1CC(Br)CC1=O. The molecule has 5 heteroatoms. The van der Waals surface area contributed by atoms with Gasteiger partial charge in [0.1, 0.15) is 0 Å². The van der Waals surface area contributed by atoms with Crippen LogP contribution in [0.15, 0.2) is 10.8 Å². The molecule has 1 saturated heterocycles. The Morgan fingerprint density at radius 2 is 2.38 bits per heavy atom. The van der Waals surface area contributed by atoms with Gasteiger partial charge in [-0.3, -0.25) is 4.79 Å². The van der Waals surface area contributed by atoms with Gasteiger partial charge >= 0.3 is 0 Å². The lowest BCUT2D eigenvalue weighted by atomic mass is 10.4. The Labute approximate surface area is 88.7 Å². The molecule has 0 aliphatic carbocycles. The van der Waals surface area contributed by atoms with Crippen molar-refractivity contribution in [2.24, 2.45) is 0 Å². The van der Waals surface area contributed by atoms with E-state index in [-0.39, 0.29) is 10.7 Å². The summed E-state index contributed by atoms with van der Waals surface area (Å²) in [5.41, 5.74) is 7.28. The number of alkyl halides is 1. The lowest BCUT2D eigenvalue weighted by Crippen LogP contribution is -2.24. The van der Waals surface area contributed by atoms with E-state index in [0.717, 1.165) is 12.2 Å². The molecule has 2 heterocycles. The summed E-state index contributed by atoms with van der Waals surface area (Å²) in [6, 6.07) is 0. The van der Waals surface area contributed by atoms with E-state index in [4.69, 9.17) is 5.73 Å². The Morgan fingerprint density at radius 3 is 2.85 bits per heavy atom. The zero-order valence-electron chi connectivity index (χ0n) is 6.87. The number of hydrogen-bond donors (Lipinski definition) is 1. The molecule has 1 aromatic rings. The lowest BCUT2D eigenvalue weighted by molar-refractivity contribution is -0.117. The van der Waals surface area contributed by atoms with Gasteiger partial charge in [0, 0.05) is 28.6 Å². The second-order valence-electron chi connectivity index (χ2n) is 3.02. The molecule has 1 aliphatic heterocycles. The van der Waals surface area contributed by atoms with E-state index in [0.29, 0.717) is 12.1 Å². The van der Waals surface area contributed by atoms with Crippen LogP contribution in [0.5, 0.6) is 0 Å². The predicted molar refractivity (Wildman–Crippen MR) is 58.4 cm³/mol. The van der Waals surface area contributed by atoms with Crippen LogP contribution in [0.3, 0.4) is 0 Å². The van der Waals surface area contributed by atoms with Crippen LogP contribution in [-0.2, 0) is 4.79 Å². The molecule has 1 unspecified atom stereocenters. The molecule has 0 aromatic carbocycles. The first-order valence-corrected chi connectivity index (χ1v) is 5.80. The monoisotopic (exact) mass is 260 g/mol. The van der Waals surface area contributed by atoms with Gasteiger partial charge in [-0.25, -0.2) is 0 Å². The molecule has 1 fully saturated rings. The van der Waals surface area contributed by atoms with E-state index >= 15 is 0 Å². The molecule has 2 rings (SSSR count). The first-order valence-electron chi connectivity index (χ1n) is 3.94. The van der Waals surface area contributed by atoms with Crippen molar-refractivity contribution in [3.8, 4) is 0 Å². The van der Waals surface area contributed by atoms with Crippen LogP contribution in [-0.4, -0.2) is 17.3 Å². The third kappa shape index (κ3) is 1.58. The van der Waals surface area contributed by atoms with Gasteiger partial charge in [0.05, 0.1) is 11.4 Å². The van der Waals surface area contributed by atoms with Crippen LogP contribution in [0, 0.1) is 0 Å². The minimum atomic E-state index is 0.145. The standard InChI is InChI=1S/C8H9BrN2OS/c9-5-1-8(12)11(2-5)7-4-13-3-6(7)10/h3-5H,1-2,10H2. The van der Waals surface area contributed by atoms with Crippen molar-refractivity contribution in [2.45, 2.75) is 11.2 Å². The van der Waals surface area contributed by atoms with Crippen molar-refractivity contribution in [2.75, 3.05) is 17.2 Å². The summed E-state index contributed by atoms with van der Waals surface area (Å²) in [5.74, 6) is 0.145. The van der Waals surface area contributed by atoms with Crippen LogP contribution in [0.2, 0.25) is 0 Å². The number of hydrogen-bond acceptors (Lipinski definition) is 3. The van der Waals surface area contributed by atoms with Crippen LogP contribution in [0.4, 0.5) is 11.4 Å². The second-order valence-corrected chi connectivity index (χ2v) is 5.06. The van der Waals surface area contributed by atoms with Crippen molar-refractivity contribution in [3.05, 3.63) is 10.8 Å². The van der Waals surface area contributed by atoms with Gasteiger partial charge in [0.25, 0.3) is 0 Å². The first-order chi connectivity index (χ1) is 6.18. The maximum Gasteiger partial charge on any atom is 0.228 e. The highest BCUT2D eigenvalue weighted by Gasteiger charge is 2.29. The number of carbonyl (C=O) groups is 1. The summed E-state index contributed by atoms with van der Waals surface area (Å²) in [7, 11) is 0. The normalized spacial score (nSPS) is 22.7. The maximum atomic E-state index is 11.5. The zero-order valence-corrected chi connectivity index (χ0v) is 9.27. The van der Waals surface area contributed by atoms with Gasteiger partial charge < -0.3 is 10.6 Å². The molecule has 0 bridgehead atoms. The average Bonchev–Trinajstić information content (AvgIpc) is 2.58. The van der Waals surface area contributed by atoms with Crippen LogP contribution in [0.25, 0.3) is 0 Å². The van der Waals surface area contributed by atoms with Gasteiger partial charge in [0.2, 0.25) is 5.91 Å². The van der Waals surface area contributed by atoms with Crippen molar-refractivity contribution in [3.63, 3.8) is 0 Å². The van der Waals surface area contributed by atoms with E-state index in [9.17, 15) is 4.79 Å². The summed E-state index contributed by atoms with van der Waals surface area (Å²) in [5, 5.41) is 3.77. The Kier molecular flexibility index (Phi) is 2.29. The van der Waals surface area contributed by atoms with Crippen molar-refractivity contribution >= 4 is 44.5 Å². The fourth-order valence-corrected chi connectivity index (χ4v) is 2.71. The van der Waals surface area contributed by atoms with Gasteiger partial charge in [-0.2, -0.15) is 0 Å². The Hall–Kier alpha value is -0.550. The molecular weight excluding hydrogens is 252 g/mol. The molecular formula is C8H9BrN2OS. The summed E-state index contributed by atoms with van der Waals surface area (Å²) in [6.07, 6.45) is 0.565. The number of nitrogen functional groups attached to an aromatic ring is 1. The highest BCUT2D eigenvalue weighted by Crippen LogP contribution is 2.32. The predicted octanol–water partition coefficient (Wildman–Crippen LogP) is 1.83. The van der Waals surface area contributed by atoms with Crippen LogP contribution < -0.4 is 10.6 Å². The Bertz CT molecular complexity index is 339. The van der Waals surface area contributed by atoms with E-state index in [1.807, 2.05) is 10.8 Å². The Morgan fingerprint density at radius 1 is 1.62 bits per heavy atom. The topological polar surface area (TPSA) is 46.3 Å². The van der Waals surface area contributed by atoms with E-state index in [1.165, 1.54) is 11.3 Å². The summed E-state index contributed by atoms with van der Waals surface area (Å²) < 4.78 is 0. The smallest absolute Gasteiger partial charge is 0.228 e. The molecule has 0 spiro atoms. The summed E-state index contributed by atoms with van der Waals surface area (Å²) in [6.45, 7) is 0.722. The maximum absolute atomic E-state index is 11.5.